The fourth-order valence-corrected chi connectivity index (χ4v) is 1.80. The Kier molecular flexibility index (Phi) is 3.90. The van der Waals surface area contributed by atoms with Gasteiger partial charge in [-0.1, -0.05) is 11.6 Å². The molecule has 0 atom stereocenters. The Bertz CT molecular complexity index is 641. The molecule has 0 spiro atoms. The molecule has 19 heavy (non-hydrogen) atoms. The first-order chi connectivity index (χ1) is 8.97. The summed E-state index contributed by atoms with van der Waals surface area (Å²) in [6, 6.07) is 6.35. The van der Waals surface area contributed by atoms with Gasteiger partial charge in [0, 0.05) is 12.0 Å². The Morgan fingerprint density at radius 3 is 2.37 bits per heavy atom. The van der Waals surface area contributed by atoms with Crippen LogP contribution in [-0.2, 0) is 6.42 Å². The lowest BCUT2D eigenvalue weighted by molar-refractivity contribution is 0.0991. The number of benzene rings is 2. The minimum Gasteiger partial charge on any atom is -0.294 e. The maximum Gasteiger partial charge on any atom is 0.167 e. The molecule has 0 fully saturated rings. The number of ketones is 1. The maximum absolute atomic E-state index is 13.4. The third kappa shape index (κ3) is 3.15. The molecule has 0 saturated carbocycles. The zero-order valence-corrected chi connectivity index (χ0v) is 10.3. The first kappa shape index (κ1) is 13.6. The van der Waals surface area contributed by atoms with Gasteiger partial charge >= 0.3 is 0 Å². The molecule has 2 aromatic rings. The molecular weight excluding hydrogens is 277 g/mol. The quantitative estimate of drug-likeness (QED) is 0.773. The van der Waals surface area contributed by atoms with E-state index in [4.69, 9.17) is 11.6 Å². The molecule has 0 amide bonds. The number of hydrogen-bond donors (Lipinski definition) is 0. The van der Waals surface area contributed by atoms with Gasteiger partial charge in [0.05, 0.1) is 5.02 Å². The topological polar surface area (TPSA) is 17.1 Å². The number of Topliss-reactive ketones (excluding diaryl/α,β-unsaturated/α-hetero) is 1. The average molecular weight is 285 g/mol. The van der Waals surface area contributed by atoms with Gasteiger partial charge in [0.15, 0.2) is 5.78 Å². The highest BCUT2D eigenvalue weighted by Gasteiger charge is 2.13. The summed E-state index contributed by atoms with van der Waals surface area (Å²) in [5.74, 6) is -2.40. The van der Waals surface area contributed by atoms with E-state index < -0.39 is 23.2 Å². The van der Waals surface area contributed by atoms with E-state index in [1.165, 1.54) is 6.07 Å². The molecule has 0 unspecified atom stereocenters. The fraction of sp³-hybridized carbons (Fsp3) is 0.0714. The van der Waals surface area contributed by atoms with Gasteiger partial charge in [0.25, 0.3) is 0 Å². The molecule has 0 bridgehead atoms. The summed E-state index contributed by atoms with van der Waals surface area (Å²) in [4.78, 5) is 11.9. The summed E-state index contributed by atoms with van der Waals surface area (Å²) in [6.07, 6.45) is -0.314. The zero-order valence-electron chi connectivity index (χ0n) is 9.59. The predicted molar refractivity (Wildman–Crippen MR) is 65.8 cm³/mol. The molecule has 5 heteroatoms. The van der Waals surface area contributed by atoms with Crippen LogP contribution in [0.15, 0.2) is 36.4 Å². The minimum absolute atomic E-state index is 0.0505. The van der Waals surface area contributed by atoms with Crippen molar-refractivity contribution in [1.29, 1.82) is 0 Å². The van der Waals surface area contributed by atoms with Crippen molar-refractivity contribution in [2.45, 2.75) is 6.42 Å². The van der Waals surface area contributed by atoms with Crippen molar-refractivity contribution in [2.24, 2.45) is 0 Å². The lowest BCUT2D eigenvalue weighted by atomic mass is 10.0. The van der Waals surface area contributed by atoms with Crippen LogP contribution < -0.4 is 0 Å². The molecule has 0 aliphatic heterocycles. The van der Waals surface area contributed by atoms with Gasteiger partial charge in [-0.05, 0) is 42.0 Å². The number of carbonyl (C=O) groups is 1. The van der Waals surface area contributed by atoms with Crippen LogP contribution in [0.4, 0.5) is 13.2 Å². The molecule has 1 nitrogen and oxygen atoms in total. The smallest absolute Gasteiger partial charge is 0.167 e. The molecule has 2 rings (SSSR count). The van der Waals surface area contributed by atoms with Crippen LogP contribution in [0, 0.1) is 17.5 Å². The Morgan fingerprint density at radius 1 is 1.00 bits per heavy atom. The Balaban J connectivity index is 2.25. The van der Waals surface area contributed by atoms with Crippen LogP contribution in [0.25, 0.3) is 0 Å². The second-order valence-electron chi connectivity index (χ2n) is 3.96. The summed E-state index contributed by atoms with van der Waals surface area (Å²) in [5.41, 5.74) is 0.0977. The van der Waals surface area contributed by atoms with E-state index in [0.29, 0.717) is 0 Å². The van der Waals surface area contributed by atoms with Crippen molar-refractivity contribution in [3.63, 3.8) is 0 Å². The Hall–Kier alpha value is -1.81. The van der Waals surface area contributed by atoms with Crippen LogP contribution in [0.2, 0.25) is 5.02 Å². The number of halogens is 4. The number of rotatable bonds is 3. The lowest BCUT2D eigenvalue weighted by Gasteiger charge is -2.04. The van der Waals surface area contributed by atoms with Crippen LogP contribution in [0.5, 0.6) is 0 Å². The van der Waals surface area contributed by atoms with Crippen LogP contribution in [0.1, 0.15) is 15.9 Å². The molecule has 0 radical (unpaired) electrons. The molecule has 0 aliphatic rings. The summed E-state index contributed by atoms with van der Waals surface area (Å²) >= 11 is 5.56. The second-order valence-corrected chi connectivity index (χ2v) is 4.37. The first-order valence-corrected chi connectivity index (χ1v) is 5.77. The summed E-state index contributed by atoms with van der Waals surface area (Å²) < 4.78 is 39.3. The van der Waals surface area contributed by atoms with Gasteiger partial charge in [-0.3, -0.25) is 4.79 Å². The number of hydrogen-bond acceptors (Lipinski definition) is 1. The molecule has 98 valence electrons. The second kappa shape index (κ2) is 5.45. The van der Waals surface area contributed by atoms with Crippen LogP contribution in [-0.4, -0.2) is 5.78 Å². The van der Waals surface area contributed by atoms with Gasteiger partial charge in [0.1, 0.15) is 17.5 Å². The summed E-state index contributed by atoms with van der Waals surface area (Å²) in [5, 5.41) is -0.189. The Morgan fingerprint density at radius 2 is 1.68 bits per heavy atom. The van der Waals surface area contributed by atoms with E-state index in [0.717, 1.165) is 30.3 Å². The molecule has 2 aromatic carbocycles. The molecule has 0 heterocycles. The van der Waals surface area contributed by atoms with Gasteiger partial charge < -0.3 is 0 Å². The predicted octanol–water partition coefficient (Wildman–Crippen LogP) is 4.18. The van der Waals surface area contributed by atoms with E-state index >= 15 is 0 Å². The zero-order chi connectivity index (χ0) is 14.0. The third-order valence-electron chi connectivity index (χ3n) is 2.60. The van der Waals surface area contributed by atoms with Crippen molar-refractivity contribution >= 4 is 17.4 Å². The van der Waals surface area contributed by atoms with Gasteiger partial charge in [-0.25, -0.2) is 13.2 Å². The van der Waals surface area contributed by atoms with Crippen molar-refractivity contribution in [3.8, 4) is 0 Å². The number of carbonyl (C=O) groups excluding carboxylic acids is 1. The van der Waals surface area contributed by atoms with Gasteiger partial charge in [0.2, 0.25) is 0 Å². The molecule has 0 N–H and O–H groups in total. The molecule has 0 aliphatic carbocycles. The summed E-state index contributed by atoms with van der Waals surface area (Å²) in [7, 11) is 0. The minimum atomic E-state index is -0.664. The average Bonchev–Trinajstić information content (AvgIpc) is 2.37. The SMILES string of the molecule is O=C(Cc1cc(F)ccc1F)c1ccc(F)c(Cl)c1. The van der Waals surface area contributed by atoms with Crippen molar-refractivity contribution in [2.75, 3.05) is 0 Å². The summed E-state index contributed by atoms with van der Waals surface area (Å²) in [6.45, 7) is 0. The highest BCUT2D eigenvalue weighted by atomic mass is 35.5. The molecule has 0 saturated heterocycles. The van der Waals surface area contributed by atoms with E-state index in [1.54, 1.807) is 0 Å². The van der Waals surface area contributed by atoms with Crippen molar-refractivity contribution in [3.05, 3.63) is 70.0 Å². The van der Waals surface area contributed by atoms with Crippen LogP contribution >= 0.6 is 11.6 Å². The highest BCUT2D eigenvalue weighted by molar-refractivity contribution is 6.31. The van der Waals surface area contributed by atoms with Gasteiger partial charge in [-0.2, -0.15) is 0 Å². The Labute approximate surface area is 112 Å². The third-order valence-corrected chi connectivity index (χ3v) is 2.89. The molecular formula is C14H8ClF3O. The maximum atomic E-state index is 13.4. The fourth-order valence-electron chi connectivity index (χ4n) is 1.62. The van der Waals surface area contributed by atoms with Crippen LogP contribution in [0.3, 0.4) is 0 Å². The van der Waals surface area contributed by atoms with Crippen molar-refractivity contribution in [1.82, 2.24) is 0 Å². The first-order valence-electron chi connectivity index (χ1n) is 5.39. The normalized spacial score (nSPS) is 10.5. The largest absolute Gasteiger partial charge is 0.294 e. The van der Waals surface area contributed by atoms with E-state index in [9.17, 15) is 18.0 Å². The monoisotopic (exact) mass is 284 g/mol. The van der Waals surface area contributed by atoms with E-state index in [1.807, 2.05) is 0 Å². The van der Waals surface area contributed by atoms with Crippen molar-refractivity contribution < 1.29 is 18.0 Å². The standard InChI is InChI=1S/C14H8ClF3O/c15-11-6-8(1-3-13(11)18)14(19)7-9-5-10(16)2-4-12(9)17/h1-6H,7H2. The van der Waals surface area contributed by atoms with E-state index in [-0.39, 0.29) is 22.6 Å². The highest BCUT2D eigenvalue weighted by Crippen LogP contribution is 2.18. The van der Waals surface area contributed by atoms with E-state index in [2.05, 4.69) is 0 Å². The van der Waals surface area contributed by atoms with Gasteiger partial charge in [-0.15, -0.1) is 0 Å². The lowest BCUT2D eigenvalue weighted by Crippen LogP contribution is -2.06. The molecule has 0 aromatic heterocycles.